The Kier molecular flexibility index (Phi) is 4.83. The summed E-state index contributed by atoms with van der Waals surface area (Å²) in [6.45, 7) is 3.36. The number of hydrogen-bond donors (Lipinski definition) is 2. The van der Waals surface area contributed by atoms with Crippen molar-refractivity contribution in [3.05, 3.63) is 18.2 Å². The molecule has 0 aliphatic carbocycles. The van der Waals surface area contributed by atoms with Crippen LogP contribution in [0.15, 0.2) is 12.7 Å². The van der Waals surface area contributed by atoms with Gasteiger partial charge in [0.05, 0.1) is 0 Å². The van der Waals surface area contributed by atoms with Crippen LogP contribution < -0.4 is 5.32 Å². The van der Waals surface area contributed by atoms with Crippen molar-refractivity contribution >= 4 is 18.1 Å². The summed E-state index contributed by atoms with van der Waals surface area (Å²) < 4.78 is 0. The minimum absolute atomic E-state index is 0.150. The van der Waals surface area contributed by atoms with Crippen molar-refractivity contribution in [1.29, 1.82) is 0 Å². The first-order valence-electron chi connectivity index (χ1n) is 3.43. The number of nitrogens with one attached hydrogen (secondary N) is 1. The summed E-state index contributed by atoms with van der Waals surface area (Å²) >= 11 is 0. The molecule has 0 aromatic heterocycles. The fourth-order valence-corrected chi connectivity index (χ4v) is 0.709. The second kappa shape index (κ2) is 5.68. The van der Waals surface area contributed by atoms with E-state index in [-0.39, 0.29) is 6.42 Å². The van der Waals surface area contributed by atoms with Gasteiger partial charge in [0.15, 0.2) is 0 Å². The van der Waals surface area contributed by atoms with Crippen LogP contribution in [0.25, 0.3) is 5.53 Å². The molecule has 6 nitrogen and oxygen atoms in total. The molecule has 0 bridgehead atoms. The molecule has 2 N–H and O–H groups in total. The quantitative estimate of drug-likeness (QED) is 0.273. The topological polar surface area (TPSA) is 103 Å². The summed E-state index contributed by atoms with van der Waals surface area (Å²) in [4.78, 5) is 23.7. The van der Waals surface area contributed by atoms with Crippen LogP contribution in [-0.2, 0) is 4.79 Å². The molecule has 0 saturated carbocycles. The average Bonchev–Trinajstić information content (AvgIpc) is 2.03. The molecular formula is C7H9N3O3. The molecule has 1 atom stereocenters. The first kappa shape index (κ1) is 11.1. The van der Waals surface area contributed by atoms with Crippen LogP contribution in [0.3, 0.4) is 0 Å². The zero-order valence-electron chi connectivity index (χ0n) is 6.80. The summed E-state index contributed by atoms with van der Waals surface area (Å²) in [6, 6.07) is -0.939. The van der Waals surface area contributed by atoms with Gasteiger partial charge >= 0.3 is 12.3 Å². The van der Waals surface area contributed by atoms with Crippen molar-refractivity contribution in [2.75, 3.05) is 0 Å². The zero-order chi connectivity index (χ0) is 10.3. The second-order valence-corrected chi connectivity index (χ2v) is 2.17. The Labute approximate surface area is 74.5 Å². The van der Waals surface area contributed by atoms with Gasteiger partial charge in [-0.25, -0.2) is 4.79 Å². The predicted octanol–water partition coefficient (Wildman–Crippen LogP) is 0.0684. The van der Waals surface area contributed by atoms with Gasteiger partial charge < -0.3 is 16.0 Å². The number of carbonyl (C=O) groups is 2. The normalized spacial score (nSPS) is 10.8. The summed E-state index contributed by atoms with van der Waals surface area (Å²) in [5.41, 5.74) is 8.04. The van der Waals surface area contributed by atoms with E-state index in [0.717, 1.165) is 0 Å². The summed E-state index contributed by atoms with van der Waals surface area (Å²) in [5, 5.41) is 10.3. The highest BCUT2D eigenvalue weighted by Gasteiger charge is 2.19. The summed E-state index contributed by atoms with van der Waals surface area (Å²) in [5.74, 6) is -0.621. The molecule has 0 rings (SSSR count). The van der Waals surface area contributed by atoms with E-state index in [1.54, 1.807) is 0 Å². The molecule has 1 unspecified atom stereocenters. The summed E-state index contributed by atoms with van der Waals surface area (Å²) in [7, 11) is 0. The van der Waals surface area contributed by atoms with Crippen LogP contribution in [0.1, 0.15) is 6.42 Å². The number of Topliss-reactive ketones (excluding diaryl/α,β-unsaturated/α-hetero) is 1. The molecule has 1 amide bonds. The van der Waals surface area contributed by atoms with Crippen LogP contribution in [-0.4, -0.2) is 34.0 Å². The number of carboxylic acid groups (broad SMARTS) is 1. The Morgan fingerprint density at radius 3 is 2.69 bits per heavy atom. The van der Waals surface area contributed by atoms with Gasteiger partial charge in [-0.2, -0.15) is 4.79 Å². The van der Waals surface area contributed by atoms with E-state index in [2.05, 4.69) is 11.4 Å². The van der Waals surface area contributed by atoms with Crippen LogP contribution in [0.4, 0.5) is 4.79 Å². The lowest BCUT2D eigenvalue weighted by Gasteiger charge is -2.08. The van der Waals surface area contributed by atoms with Crippen molar-refractivity contribution in [3.63, 3.8) is 0 Å². The maximum atomic E-state index is 11.0. The molecule has 13 heavy (non-hydrogen) atoms. The Bertz CT molecular complexity index is 268. The fourth-order valence-electron chi connectivity index (χ4n) is 0.709. The van der Waals surface area contributed by atoms with Gasteiger partial charge in [0, 0.05) is 0 Å². The van der Waals surface area contributed by atoms with Crippen LogP contribution in [0.2, 0.25) is 0 Å². The molecule has 0 aliphatic heterocycles. The molecule has 0 spiro atoms. The van der Waals surface area contributed by atoms with Gasteiger partial charge in [-0.3, -0.25) is 4.79 Å². The first-order valence-corrected chi connectivity index (χ1v) is 3.43. The van der Waals surface area contributed by atoms with Gasteiger partial charge in [-0.15, -0.1) is 6.58 Å². The van der Waals surface area contributed by atoms with Gasteiger partial charge in [-0.05, 0) is 6.42 Å². The Balaban J connectivity index is 4.39. The molecule has 0 radical (unpaired) electrons. The van der Waals surface area contributed by atoms with Crippen molar-refractivity contribution in [2.45, 2.75) is 12.5 Å². The fraction of sp³-hybridized carbons (Fsp3) is 0.286. The largest absolute Gasteiger partial charge is 0.465 e. The standard InChI is InChI=1S/C7H9N3O3/c1-2-3-5(10-7(12)13)6(11)4-9-8/h2,4-5,10H,1,3H2,(H,12,13). The number of carbonyl (C=O) groups excluding carboxylic acids is 1. The Morgan fingerprint density at radius 1 is 1.69 bits per heavy atom. The number of ketones is 1. The maximum absolute atomic E-state index is 11.0. The van der Waals surface area contributed by atoms with Crippen molar-refractivity contribution < 1.29 is 19.5 Å². The van der Waals surface area contributed by atoms with E-state index in [9.17, 15) is 9.59 Å². The molecule has 0 aromatic carbocycles. The molecular weight excluding hydrogens is 174 g/mol. The predicted molar refractivity (Wildman–Crippen MR) is 44.5 cm³/mol. The highest BCUT2D eigenvalue weighted by atomic mass is 16.4. The number of nitrogens with zero attached hydrogens (tertiary/aromatic N) is 2. The highest BCUT2D eigenvalue weighted by molar-refractivity contribution is 6.28. The van der Waals surface area contributed by atoms with E-state index < -0.39 is 17.9 Å². The lowest BCUT2D eigenvalue weighted by Crippen LogP contribution is -2.40. The lowest BCUT2D eigenvalue weighted by molar-refractivity contribution is -0.117. The molecule has 70 valence electrons. The van der Waals surface area contributed by atoms with Crippen LogP contribution >= 0.6 is 0 Å². The molecule has 0 fully saturated rings. The number of rotatable bonds is 5. The third kappa shape index (κ3) is 4.49. The van der Waals surface area contributed by atoms with E-state index in [4.69, 9.17) is 10.6 Å². The molecule has 0 saturated heterocycles. The number of hydrogen-bond acceptors (Lipinski definition) is 2. The van der Waals surface area contributed by atoms with Crippen molar-refractivity contribution in [3.8, 4) is 0 Å². The second-order valence-electron chi connectivity index (χ2n) is 2.17. The molecule has 6 heteroatoms. The zero-order valence-corrected chi connectivity index (χ0v) is 6.80. The van der Waals surface area contributed by atoms with E-state index in [1.807, 2.05) is 5.32 Å². The van der Waals surface area contributed by atoms with E-state index in [1.165, 1.54) is 6.08 Å². The van der Waals surface area contributed by atoms with Gasteiger partial charge in [0.25, 0.3) is 5.78 Å². The van der Waals surface area contributed by atoms with Gasteiger partial charge in [0.2, 0.25) is 0 Å². The lowest BCUT2D eigenvalue weighted by atomic mass is 10.1. The Hall–Kier alpha value is -1.94. The minimum Gasteiger partial charge on any atom is -0.465 e. The molecule has 0 aromatic rings. The SMILES string of the molecule is C=CCC(NC(=O)O)C(=O)C=[N+]=[N-]. The highest BCUT2D eigenvalue weighted by Crippen LogP contribution is 1.93. The maximum Gasteiger partial charge on any atom is 0.405 e. The third-order valence-corrected chi connectivity index (χ3v) is 1.23. The smallest absolute Gasteiger partial charge is 0.405 e. The molecule has 0 heterocycles. The average molecular weight is 183 g/mol. The van der Waals surface area contributed by atoms with Gasteiger partial charge in [-0.1, -0.05) is 6.08 Å². The van der Waals surface area contributed by atoms with Crippen LogP contribution in [0.5, 0.6) is 0 Å². The first-order chi connectivity index (χ1) is 6.11. The third-order valence-electron chi connectivity index (χ3n) is 1.23. The monoisotopic (exact) mass is 183 g/mol. The van der Waals surface area contributed by atoms with Crippen molar-refractivity contribution in [1.82, 2.24) is 5.32 Å². The van der Waals surface area contributed by atoms with Crippen molar-refractivity contribution in [2.24, 2.45) is 0 Å². The number of amides is 1. The van der Waals surface area contributed by atoms with Crippen LogP contribution in [0, 0.1) is 0 Å². The summed E-state index contributed by atoms with van der Waals surface area (Å²) in [6.07, 6.45) is 0.872. The molecule has 0 aliphatic rings. The van der Waals surface area contributed by atoms with Gasteiger partial charge in [0.1, 0.15) is 6.04 Å². The van der Waals surface area contributed by atoms with E-state index in [0.29, 0.717) is 6.21 Å². The Morgan fingerprint density at radius 2 is 2.31 bits per heavy atom. The van der Waals surface area contributed by atoms with E-state index >= 15 is 0 Å². The minimum atomic E-state index is -1.31.